The van der Waals surface area contributed by atoms with E-state index in [1.54, 1.807) is 11.2 Å². The van der Waals surface area contributed by atoms with Crippen molar-refractivity contribution in [2.45, 2.75) is 82.8 Å². The maximum absolute atomic E-state index is 14.2. The molecule has 1 saturated heterocycles. The number of carbonyl (C=O) groups excluding carboxylic acids is 1. The van der Waals surface area contributed by atoms with Gasteiger partial charge >= 0.3 is 0 Å². The summed E-state index contributed by atoms with van der Waals surface area (Å²) >= 11 is 2.21. The van der Waals surface area contributed by atoms with Gasteiger partial charge in [0, 0.05) is 12.5 Å². The van der Waals surface area contributed by atoms with Crippen LogP contribution in [0.3, 0.4) is 0 Å². The van der Waals surface area contributed by atoms with Crippen LogP contribution in [-0.4, -0.2) is 47.2 Å². The van der Waals surface area contributed by atoms with Gasteiger partial charge in [-0.05, 0) is 105 Å². The fourth-order valence-corrected chi connectivity index (χ4v) is 7.95. The average Bonchev–Trinajstić information content (AvgIpc) is 3.22. The van der Waals surface area contributed by atoms with Gasteiger partial charge in [0.15, 0.2) is 0 Å². The molecule has 2 unspecified atom stereocenters. The molecule has 5 aliphatic rings. The van der Waals surface area contributed by atoms with Crippen LogP contribution in [-0.2, 0) is 11.3 Å². The fraction of sp³-hybridized carbons (Fsp3) is 0.731. The Hall–Kier alpha value is -1.74. The van der Waals surface area contributed by atoms with E-state index in [2.05, 4.69) is 38.2 Å². The Bertz CT molecular complexity index is 1060. The highest BCUT2D eigenvalue weighted by Crippen LogP contribution is 2.60. The van der Waals surface area contributed by atoms with Crippen molar-refractivity contribution in [3.8, 4) is 6.19 Å². The van der Waals surface area contributed by atoms with Crippen LogP contribution in [0.25, 0.3) is 0 Å². The maximum atomic E-state index is 14.2. The molecule has 196 valence electrons. The molecule has 1 aromatic rings. The standard InChI is InChI=1S/C26H34F2IN5O2/c1-24(2,34-6-3-5-26(27,28)14-34)22(32-15-30)33-21-17-8-16-9-18(21)12-25(10-16,11-17)23(35)31-13-20-19(29)4-7-36-20/h4,7,16-18,21H,3,5-6,8-14H2,1-2H3,(H,31,35)(H,32,33). The van der Waals surface area contributed by atoms with E-state index in [1.165, 1.54) is 0 Å². The molecule has 2 N–H and O–H groups in total. The Morgan fingerprint density at radius 3 is 2.67 bits per heavy atom. The summed E-state index contributed by atoms with van der Waals surface area (Å²) in [5.41, 5.74) is -1.19. The number of aliphatic imine (C=N–C) groups is 1. The molecule has 4 aliphatic carbocycles. The van der Waals surface area contributed by atoms with E-state index in [4.69, 9.17) is 4.42 Å². The average molecular weight is 613 g/mol. The van der Waals surface area contributed by atoms with Crippen molar-refractivity contribution in [1.29, 1.82) is 5.26 Å². The van der Waals surface area contributed by atoms with Gasteiger partial charge in [-0.3, -0.25) is 9.69 Å². The number of furan rings is 1. The van der Waals surface area contributed by atoms with Gasteiger partial charge in [-0.2, -0.15) is 10.3 Å². The monoisotopic (exact) mass is 613 g/mol. The van der Waals surface area contributed by atoms with Crippen LogP contribution in [0.1, 0.15) is 64.6 Å². The quantitative estimate of drug-likeness (QED) is 0.211. The number of halogens is 3. The van der Waals surface area contributed by atoms with Crippen LogP contribution >= 0.6 is 22.6 Å². The predicted octanol–water partition coefficient (Wildman–Crippen LogP) is 4.67. The van der Waals surface area contributed by atoms with Gasteiger partial charge in [0.1, 0.15) is 11.6 Å². The molecular weight excluding hydrogens is 579 g/mol. The van der Waals surface area contributed by atoms with Crippen LogP contribution in [0.2, 0.25) is 0 Å². The van der Waals surface area contributed by atoms with Gasteiger partial charge in [0.2, 0.25) is 12.1 Å². The second-order valence-electron chi connectivity index (χ2n) is 11.8. The number of alkyl halides is 2. The molecule has 0 spiro atoms. The molecular formula is C26H34F2IN5O2. The van der Waals surface area contributed by atoms with Crippen molar-refractivity contribution in [1.82, 2.24) is 15.5 Å². The van der Waals surface area contributed by atoms with Crippen LogP contribution in [0.15, 0.2) is 21.7 Å². The Morgan fingerprint density at radius 2 is 2.06 bits per heavy atom. The number of rotatable bonds is 6. The molecule has 5 fully saturated rings. The number of hydrogen-bond acceptors (Lipinski definition) is 5. The molecule has 4 saturated carbocycles. The molecule has 0 radical (unpaired) electrons. The molecule has 10 heteroatoms. The van der Waals surface area contributed by atoms with Gasteiger partial charge in [-0.25, -0.2) is 8.78 Å². The van der Waals surface area contributed by atoms with Crippen LogP contribution in [0, 0.1) is 38.2 Å². The minimum atomic E-state index is -2.73. The van der Waals surface area contributed by atoms with E-state index in [-0.39, 0.29) is 42.2 Å². The molecule has 7 nitrogen and oxygen atoms in total. The molecule has 1 amide bonds. The van der Waals surface area contributed by atoms with Crippen molar-refractivity contribution in [2.75, 3.05) is 13.1 Å². The second kappa shape index (κ2) is 9.53. The highest BCUT2D eigenvalue weighted by molar-refractivity contribution is 14.1. The summed E-state index contributed by atoms with van der Waals surface area (Å²) in [6.45, 7) is 4.36. The molecule has 2 heterocycles. The Labute approximate surface area is 224 Å². The van der Waals surface area contributed by atoms with Crippen molar-refractivity contribution in [3.05, 3.63) is 21.7 Å². The third-order valence-corrected chi connectivity index (χ3v) is 10.0. The highest BCUT2D eigenvalue weighted by Gasteiger charge is 2.59. The van der Waals surface area contributed by atoms with Crippen LogP contribution in [0.5, 0.6) is 0 Å². The van der Waals surface area contributed by atoms with Gasteiger partial charge in [0.05, 0.1) is 33.9 Å². The van der Waals surface area contributed by atoms with Crippen LogP contribution in [0.4, 0.5) is 8.78 Å². The second-order valence-corrected chi connectivity index (χ2v) is 13.0. The lowest BCUT2D eigenvalue weighted by Gasteiger charge is -2.59. The number of nitriles is 1. The Morgan fingerprint density at radius 1 is 1.33 bits per heavy atom. The molecule has 1 aromatic heterocycles. The largest absolute Gasteiger partial charge is 0.466 e. The first-order valence-electron chi connectivity index (χ1n) is 12.9. The molecule has 6 rings (SSSR count). The van der Waals surface area contributed by atoms with Crippen molar-refractivity contribution in [2.24, 2.45) is 28.2 Å². The van der Waals surface area contributed by atoms with Crippen molar-refractivity contribution >= 4 is 34.3 Å². The fourth-order valence-electron chi connectivity index (χ4n) is 7.48. The third kappa shape index (κ3) is 4.77. The summed E-state index contributed by atoms with van der Waals surface area (Å²) in [5, 5.41) is 16.2. The van der Waals surface area contributed by atoms with E-state index >= 15 is 0 Å². The van der Waals surface area contributed by atoms with Crippen molar-refractivity contribution in [3.63, 3.8) is 0 Å². The van der Waals surface area contributed by atoms with Gasteiger partial charge in [0.25, 0.3) is 5.92 Å². The van der Waals surface area contributed by atoms with Crippen molar-refractivity contribution < 1.29 is 18.0 Å². The van der Waals surface area contributed by atoms with E-state index in [0.29, 0.717) is 31.3 Å². The number of likely N-dealkylation sites (tertiary alicyclic amines) is 1. The molecule has 36 heavy (non-hydrogen) atoms. The normalized spacial score (nSPS) is 33.8. The van der Waals surface area contributed by atoms with Gasteiger partial charge in [-0.15, -0.1) is 0 Å². The number of nitrogens with zero attached hydrogens (tertiary/aromatic N) is 3. The minimum absolute atomic E-state index is 0.0881. The zero-order valence-electron chi connectivity index (χ0n) is 20.8. The number of nitrogens with one attached hydrogen (secondary N) is 2. The first-order chi connectivity index (χ1) is 17.0. The van der Waals surface area contributed by atoms with E-state index in [0.717, 1.165) is 41.4 Å². The lowest BCUT2D eigenvalue weighted by molar-refractivity contribution is -0.149. The number of carbonyl (C=O) groups is 1. The SMILES string of the molecule is CC(C)(C(=NC#N)NC1C2CC3CC1CC(C(=O)NCc1occc1I)(C3)C2)N1CCCC(F)(F)C1. The number of amidine groups is 1. The van der Waals surface area contributed by atoms with Gasteiger partial charge in [-0.1, -0.05) is 0 Å². The van der Waals surface area contributed by atoms with E-state index in [1.807, 2.05) is 26.1 Å². The number of piperidine rings is 1. The molecule has 0 aromatic carbocycles. The Balaban J connectivity index is 1.30. The lowest BCUT2D eigenvalue weighted by Crippen LogP contribution is -2.66. The first kappa shape index (κ1) is 25.9. The summed E-state index contributed by atoms with van der Waals surface area (Å²) in [5.74, 6) is -0.304. The number of amides is 1. The summed E-state index contributed by atoms with van der Waals surface area (Å²) in [6, 6.07) is 1.97. The summed E-state index contributed by atoms with van der Waals surface area (Å²) in [4.78, 5) is 19.3. The minimum Gasteiger partial charge on any atom is -0.466 e. The van der Waals surface area contributed by atoms with E-state index < -0.39 is 11.5 Å². The number of hydrogen-bond donors (Lipinski definition) is 2. The molecule has 2 atom stereocenters. The van der Waals surface area contributed by atoms with Crippen LogP contribution < -0.4 is 10.6 Å². The summed E-state index contributed by atoms with van der Waals surface area (Å²) in [6.07, 6.45) is 8.45. The smallest absolute Gasteiger partial charge is 0.260 e. The molecule has 4 bridgehead atoms. The van der Waals surface area contributed by atoms with Gasteiger partial charge < -0.3 is 15.1 Å². The zero-order valence-corrected chi connectivity index (χ0v) is 23.0. The predicted molar refractivity (Wildman–Crippen MR) is 139 cm³/mol. The summed E-state index contributed by atoms with van der Waals surface area (Å²) in [7, 11) is 0. The summed E-state index contributed by atoms with van der Waals surface area (Å²) < 4.78 is 34.9. The molecule has 1 aliphatic heterocycles. The lowest BCUT2D eigenvalue weighted by atomic mass is 9.47. The Kier molecular flexibility index (Phi) is 6.86. The van der Waals surface area contributed by atoms with E-state index in [9.17, 15) is 18.8 Å². The maximum Gasteiger partial charge on any atom is 0.260 e. The highest BCUT2D eigenvalue weighted by atomic mass is 127. The topological polar surface area (TPSA) is 93.7 Å². The first-order valence-corrected chi connectivity index (χ1v) is 14.0. The zero-order chi connectivity index (χ0) is 25.7. The third-order valence-electron chi connectivity index (χ3n) is 9.08.